The molecule has 0 aliphatic rings. The van der Waals surface area contributed by atoms with Crippen molar-refractivity contribution < 1.29 is 14.3 Å². The van der Waals surface area contributed by atoms with Gasteiger partial charge in [0.25, 0.3) is 0 Å². The Labute approximate surface area is 175 Å². The molecule has 0 aromatic heterocycles. The maximum atomic E-state index is 12.0. The molecule has 0 rings (SSSR count). The van der Waals surface area contributed by atoms with Crippen molar-refractivity contribution in [2.45, 2.75) is 148 Å². The van der Waals surface area contributed by atoms with E-state index in [4.69, 9.17) is 4.74 Å². The molecule has 3 heteroatoms. The average molecular weight is 397 g/mol. The van der Waals surface area contributed by atoms with Crippen molar-refractivity contribution in [1.82, 2.24) is 0 Å². The van der Waals surface area contributed by atoms with E-state index in [9.17, 15) is 9.59 Å². The molecule has 0 heterocycles. The summed E-state index contributed by atoms with van der Waals surface area (Å²) in [6.07, 6.45) is 23.7. The third-order valence-corrected chi connectivity index (χ3v) is 5.52. The van der Waals surface area contributed by atoms with E-state index in [0.717, 1.165) is 32.0 Å². The van der Waals surface area contributed by atoms with Crippen LogP contribution in [0, 0.1) is 0 Å². The van der Waals surface area contributed by atoms with Crippen LogP contribution in [0.5, 0.6) is 0 Å². The lowest BCUT2D eigenvalue weighted by Gasteiger charge is -2.15. The molecular formula is C25H48O3. The van der Waals surface area contributed by atoms with E-state index in [1.54, 1.807) is 0 Å². The molecule has 0 aromatic carbocycles. The number of aldehydes is 1. The highest BCUT2D eigenvalue weighted by Gasteiger charge is 2.13. The van der Waals surface area contributed by atoms with Gasteiger partial charge in [0.1, 0.15) is 12.4 Å². The lowest BCUT2D eigenvalue weighted by Crippen LogP contribution is -2.18. The second kappa shape index (κ2) is 22.4. The number of unbranched alkanes of at least 4 members (excludes halogenated alkanes) is 15. The number of hydrogen-bond donors (Lipinski definition) is 0. The van der Waals surface area contributed by atoms with E-state index in [2.05, 4.69) is 13.8 Å². The highest BCUT2D eigenvalue weighted by atomic mass is 16.5. The molecule has 0 saturated carbocycles. The Morgan fingerprint density at radius 3 is 1.57 bits per heavy atom. The topological polar surface area (TPSA) is 43.4 Å². The van der Waals surface area contributed by atoms with E-state index < -0.39 is 0 Å². The maximum Gasteiger partial charge on any atom is 0.306 e. The van der Waals surface area contributed by atoms with Gasteiger partial charge in [-0.25, -0.2) is 0 Å². The molecule has 0 fully saturated rings. The summed E-state index contributed by atoms with van der Waals surface area (Å²) in [4.78, 5) is 22.9. The standard InChI is InChI=1S/C25H48O3/c1-3-5-7-9-11-12-13-15-17-19-21-25(27)28-24(22-23-26)20-18-16-14-10-8-6-4-2/h23-24H,3-22H2,1-2H3. The molecule has 0 aromatic rings. The van der Waals surface area contributed by atoms with E-state index >= 15 is 0 Å². The lowest BCUT2D eigenvalue weighted by atomic mass is 10.0. The Balaban J connectivity index is 3.60. The van der Waals surface area contributed by atoms with Crippen LogP contribution in [0.15, 0.2) is 0 Å². The van der Waals surface area contributed by atoms with Gasteiger partial charge >= 0.3 is 5.97 Å². The number of carbonyl (C=O) groups excluding carboxylic acids is 2. The summed E-state index contributed by atoms with van der Waals surface area (Å²) >= 11 is 0. The molecule has 1 atom stereocenters. The predicted octanol–water partition coefficient (Wildman–Crippen LogP) is 7.94. The molecule has 28 heavy (non-hydrogen) atoms. The molecule has 0 N–H and O–H groups in total. The Bertz CT molecular complexity index is 341. The van der Waals surface area contributed by atoms with E-state index in [0.29, 0.717) is 12.8 Å². The highest BCUT2D eigenvalue weighted by Crippen LogP contribution is 2.15. The number of esters is 1. The summed E-state index contributed by atoms with van der Waals surface area (Å²) in [7, 11) is 0. The first-order valence-electron chi connectivity index (χ1n) is 12.4. The zero-order valence-corrected chi connectivity index (χ0v) is 19.0. The average Bonchev–Trinajstić information content (AvgIpc) is 2.68. The van der Waals surface area contributed by atoms with Gasteiger partial charge in [-0.2, -0.15) is 0 Å². The zero-order valence-electron chi connectivity index (χ0n) is 19.0. The fraction of sp³-hybridized carbons (Fsp3) is 0.920. The van der Waals surface area contributed by atoms with Crippen LogP contribution in [-0.2, 0) is 14.3 Å². The summed E-state index contributed by atoms with van der Waals surface area (Å²) in [5, 5.41) is 0. The van der Waals surface area contributed by atoms with Crippen LogP contribution in [0.2, 0.25) is 0 Å². The summed E-state index contributed by atoms with van der Waals surface area (Å²) < 4.78 is 5.55. The van der Waals surface area contributed by atoms with Crippen LogP contribution in [0.4, 0.5) is 0 Å². The van der Waals surface area contributed by atoms with E-state index in [-0.39, 0.29) is 12.1 Å². The second-order valence-corrected chi connectivity index (χ2v) is 8.36. The van der Waals surface area contributed by atoms with E-state index in [1.165, 1.54) is 89.9 Å². The highest BCUT2D eigenvalue weighted by molar-refractivity contribution is 5.69. The summed E-state index contributed by atoms with van der Waals surface area (Å²) in [5.74, 6) is -0.116. The largest absolute Gasteiger partial charge is 0.462 e. The molecule has 0 aliphatic heterocycles. The molecule has 0 bridgehead atoms. The predicted molar refractivity (Wildman–Crippen MR) is 120 cm³/mol. The van der Waals surface area contributed by atoms with Crippen molar-refractivity contribution in [3.05, 3.63) is 0 Å². The van der Waals surface area contributed by atoms with Gasteiger partial charge in [-0.3, -0.25) is 4.79 Å². The monoisotopic (exact) mass is 396 g/mol. The van der Waals surface area contributed by atoms with Crippen LogP contribution in [-0.4, -0.2) is 18.4 Å². The van der Waals surface area contributed by atoms with Crippen molar-refractivity contribution in [3.8, 4) is 0 Å². The molecule has 166 valence electrons. The van der Waals surface area contributed by atoms with Crippen LogP contribution in [0.1, 0.15) is 142 Å². The molecule has 1 unspecified atom stereocenters. The normalized spacial score (nSPS) is 12.1. The van der Waals surface area contributed by atoms with Gasteiger partial charge in [-0.1, -0.05) is 110 Å². The minimum absolute atomic E-state index is 0.116. The third-order valence-electron chi connectivity index (χ3n) is 5.52. The first-order chi connectivity index (χ1) is 13.7. The number of ether oxygens (including phenoxy) is 1. The minimum Gasteiger partial charge on any atom is -0.462 e. The summed E-state index contributed by atoms with van der Waals surface area (Å²) in [6.45, 7) is 4.48. The SMILES string of the molecule is CCCCCCCCCCCCC(=O)OC(CC=O)CCCCCCCCC. The van der Waals surface area contributed by atoms with Crippen molar-refractivity contribution in [1.29, 1.82) is 0 Å². The number of hydrogen-bond acceptors (Lipinski definition) is 3. The van der Waals surface area contributed by atoms with Gasteiger partial charge in [0, 0.05) is 12.8 Å². The fourth-order valence-corrected chi connectivity index (χ4v) is 3.66. The molecule has 0 radical (unpaired) electrons. The number of rotatable bonds is 22. The van der Waals surface area contributed by atoms with Crippen LogP contribution in [0.25, 0.3) is 0 Å². The Kier molecular flexibility index (Phi) is 21.7. The quantitative estimate of drug-likeness (QED) is 0.106. The van der Waals surface area contributed by atoms with Gasteiger partial charge in [0.2, 0.25) is 0 Å². The van der Waals surface area contributed by atoms with Crippen molar-refractivity contribution in [2.24, 2.45) is 0 Å². The van der Waals surface area contributed by atoms with Crippen molar-refractivity contribution >= 4 is 12.3 Å². The van der Waals surface area contributed by atoms with Crippen LogP contribution >= 0.6 is 0 Å². The molecule has 0 spiro atoms. The zero-order chi connectivity index (χ0) is 20.7. The lowest BCUT2D eigenvalue weighted by molar-refractivity contribution is -0.150. The van der Waals surface area contributed by atoms with Gasteiger partial charge in [0.15, 0.2) is 0 Å². The van der Waals surface area contributed by atoms with Crippen LogP contribution < -0.4 is 0 Å². The van der Waals surface area contributed by atoms with E-state index in [1.807, 2.05) is 0 Å². The third kappa shape index (κ3) is 19.9. The maximum absolute atomic E-state index is 12.0. The summed E-state index contributed by atoms with van der Waals surface area (Å²) in [6, 6.07) is 0. The first kappa shape index (κ1) is 27.1. The Hall–Kier alpha value is -0.860. The second-order valence-electron chi connectivity index (χ2n) is 8.36. The molecule has 0 amide bonds. The van der Waals surface area contributed by atoms with Gasteiger partial charge in [-0.15, -0.1) is 0 Å². The molecule has 0 aliphatic carbocycles. The van der Waals surface area contributed by atoms with Gasteiger partial charge in [0.05, 0.1) is 0 Å². The Morgan fingerprint density at radius 1 is 0.679 bits per heavy atom. The summed E-state index contributed by atoms with van der Waals surface area (Å²) in [5.41, 5.74) is 0. The first-order valence-corrected chi connectivity index (χ1v) is 12.4. The minimum atomic E-state index is -0.205. The van der Waals surface area contributed by atoms with Gasteiger partial charge < -0.3 is 9.53 Å². The van der Waals surface area contributed by atoms with Crippen molar-refractivity contribution in [3.63, 3.8) is 0 Å². The van der Waals surface area contributed by atoms with Gasteiger partial charge in [-0.05, 0) is 19.3 Å². The Morgan fingerprint density at radius 2 is 1.11 bits per heavy atom. The molecule has 0 saturated heterocycles. The molecular weight excluding hydrogens is 348 g/mol. The smallest absolute Gasteiger partial charge is 0.306 e. The number of carbonyl (C=O) groups is 2. The van der Waals surface area contributed by atoms with Crippen molar-refractivity contribution in [2.75, 3.05) is 0 Å². The molecule has 3 nitrogen and oxygen atoms in total. The fourth-order valence-electron chi connectivity index (χ4n) is 3.66. The van der Waals surface area contributed by atoms with Crippen LogP contribution in [0.3, 0.4) is 0 Å².